The van der Waals surface area contributed by atoms with Crippen molar-refractivity contribution in [3.05, 3.63) is 0 Å². The fourth-order valence-corrected chi connectivity index (χ4v) is 0.984. The second kappa shape index (κ2) is 8.21. The Kier molecular flexibility index (Phi) is 8.14. The van der Waals surface area contributed by atoms with Gasteiger partial charge in [0.1, 0.15) is 0 Å². The molecule has 2 N–H and O–H groups in total. The zero-order valence-corrected chi connectivity index (χ0v) is 9.81. The summed E-state index contributed by atoms with van der Waals surface area (Å²) >= 11 is 0. The van der Waals surface area contributed by atoms with Gasteiger partial charge in [0.25, 0.3) is 0 Å². The Morgan fingerprint density at radius 2 is 2.00 bits per heavy atom. The number of aliphatic hydroxyl groups excluding tert-OH is 1. The first-order valence-electron chi connectivity index (χ1n) is 5.51. The summed E-state index contributed by atoms with van der Waals surface area (Å²) in [6.07, 6.45) is 3.28. The molecular weight excluding hydrogens is 178 g/mol. The van der Waals surface area contributed by atoms with Gasteiger partial charge in [0.05, 0.1) is 13.3 Å². The van der Waals surface area contributed by atoms with Crippen LogP contribution in [-0.2, 0) is 4.74 Å². The van der Waals surface area contributed by atoms with Crippen LogP contribution in [0.2, 0.25) is 0 Å². The minimum absolute atomic E-state index is 0.0731. The lowest BCUT2D eigenvalue weighted by Gasteiger charge is -2.22. The van der Waals surface area contributed by atoms with Crippen molar-refractivity contribution in [2.45, 2.75) is 40.0 Å². The van der Waals surface area contributed by atoms with E-state index >= 15 is 0 Å². The van der Waals surface area contributed by atoms with Crippen LogP contribution < -0.4 is 5.32 Å². The average molecular weight is 203 g/mol. The normalized spacial score (nSPS) is 12.0. The van der Waals surface area contributed by atoms with Crippen molar-refractivity contribution < 1.29 is 9.84 Å². The van der Waals surface area contributed by atoms with E-state index in [2.05, 4.69) is 26.1 Å². The highest BCUT2D eigenvalue weighted by Crippen LogP contribution is 2.19. The summed E-state index contributed by atoms with van der Waals surface area (Å²) in [6.45, 7) is 9.25. The van der Waals surface area contributed by atoms with Crippen LogP contribution in [0.5, 0.6) is 0 Å². The quantitative estimate of drug-likeness (QED) is 0.443. The van der Waals surface area contributed by atoms with E-state index in [0.717, 1.165) is 39.0 Å². The van der Waals surface area contributed by atoms with E-state index in [0.29, 0.717) is 5.41 Å². The van der Waals surface area contributed by atoms with E-state index < -0.39 is 0 Å². The molecule has 0 aliphatic heterocycles. The summed E-state index contributed by atoms with van der Waals surface area (Å²) in [5.41, 5.74) is 0.309. The van der Waals surface area contributed by atoms with Gasteiger partial charge in [-0.3, -0.25) is 5.32 Å². The van der Waals surface area contributed by atoms with Crippen molar-refractivity contribution >= 4 is 0 Å². The first-order chi connectivity index (χ1) is 6.62. The molecule has 86 valence electrons. The lowest BCUT2D eigenvalue weighted by atomic mass is 9.92. The van der Waals surface area contributed by atoms with E-state index in [1.54, 1.807) is 0 Å². The maximum Gasteiger partial charge on any atom is 0.0931 e. The fourth-order valence-electron chi connectivity index (χ4n) is 0.984. The molecule has 0 fully saturated rings. The molecule has 0 atom stereocenters. The van der Waals surface area contributed by atoms with Crippen molar-refractivity contribution in [3.8, 4) is 0 Å². The van der Waals surface area contributed by atoms with Gasteiger partial charge in [-0.2, -0.15) is 0 Å². The Morgan fingerprint density at radius 1 is 1.29 bits per heavy atom. The zero-order valence-electron chi connectivity index (χ0n) is 9.81. The van der Waals surface area contributed by atoms with Gasteiger partial charge in [-0.05, 0) is 31.2 Å². The highest BCUT2D eigenvalue weighted by Gasteiger charge is 2.14. The summed E-state index contributed by atoms with van der Waals surface area (Å²) in [6, 6.07) is 0. The molecule has 0 rings (SSSR count). The third-order valence-corrected chi connectivity index (χ3v) is 2.45. The Balaban J connectivity index is 3.13. The maximum atomic E-state index is 8.47. The van der Waals surface area contributed by atoms with Gasteiger partial charge in [0.2, 0.25) is 0 Å². The Hall–Kier alpha value is -0.120. The molecular formula is C11H25NO2. The van der Waals surface area contributed by atoms with Crippen LogP contribution in [0.25, 0.3) is 0 Å². The average Bonchev–Trinajstić information content (AvgIpc) is 2.16. The molecule has 0 aliphatic rings. The van der Waals surface area contributed by atoms with Crippen LogP contribution in [0.3, 0.4) is 0 Å². The van der Waals surface area contributed by atoms with Gasteiger partial charge in [0, 0.05) is 6.61 Å². The van der Waals surface area contributed by atoms with Crippen molar-refractivity contribution in [1.29, 1.82) is 0 Å². The molecule has 0 aliphatic carbocycles. The Labute approximate surface area is 87.8 Å². The zero-order chi connectivity index (χ0) is 10.9. The summed E-state index contributed by atoms with van der Waals surface area (Å²) < 4.78 is 5.58. The van der Waals surface area contributed by atoms with E-state index in [1.807, 2.05) is 0 Å². The van der Waals surface area contributed by atoms with Crippen LogP contribution in [0.1, 0.15) is 40.0 Å². The molecule has 0 bridgehead atoms. The smallest absolute Gasteiger partial charge is 0.0931 e. The molecule has 0 saturated carbocycles. The topological polar surface area (TPSA) is 41.5 Å². The van der Waals surface area contributed by atoms with Crippen molar-refractivity contribution in [2.75, 3.05) is 26.5 Å². The van der Waals surface area contributed by atoms with Gasteiger partial charge in [-0.1, -0.05) is 20.8 Å². The molecule has 0 saturated heterocycles. The van der Waals surface area contributed by atoms with Gasteiger partial charge >= 0.3 is 0 Å². The van der Waals surface area contributed by atoms with Gasteiger partial charge < -0.3 is 9.84 Å². The summed E-state index contributed by atoms with van der Waals surface area (Å²) in [5, 5.41) is 11.3. The maximum absolute atomic E-state index is 8.47. The lowest BCUT2D eigenvalue weighted by Crippen LogP contribution is -2.19. The number of aliphatic hydroxyl groups is 1. The van der Waals surface area contributed by atoms with E-state index in [4.69, 9.17) is 9.84 Å². The highest BCUT2D eigenvalue weighted by atomic mass is 16.5. The van der Waals surface area contributed by atoms with E-state index in [9.17, 15) is 0 Å². The van der Waals surface area contributed by atoms with Crippen molar-refractivity contribution in [2.24, 2.45) is 5.41 Å². The lowest BCUT2D eigenvalue weighted by molar-refractivity contribution is 0.0580. The van der Waals surface area contributed by atoms with E-state index in [1.165, 1.54) is 0 Å². The minimum atomic E-state index is 0.0731. The summed E-state index contributed by atoms with van der Waals surface area (Å²) in [5.74, 6) is 0. The number of unbranched alkanes of at least 4 members (excludes halogenated alkanes) is 1. The first kappa shape index (κ1) is 13.9. The molecule has 0 radical (unpaired) electrons. The molecule has 0 amide bonds. The molecule has 0 aromatic rings. The van der Waals surface area contributed by atoms with Gasteiger partial charge in [0.15, 0.2) is 0 Å². The molecule has 14 heavy (non-hydrogen) atoms. The second-order valence-corrected chi connectivity index (χ2v) is 4.44. The van der Waals surface area contributed by atoms with E-state index in [-0.39, 0.29) is 6.73 Å². The Morgan fingerprint density at radius 3 is 2.57 bits per heavy atom. The fraction of sp³-hybridized carbons (Fsp3) is 1.00. The van der Waals surface area contributed by atoms with Crippen LogP contribution in [0.4, 0.5) is 0 Å². The SMILES string of the molecule is CCC(C)(C)COCCCCNCO. The van der Waals surface area contributed by atoms with Crippen LogP contribution >= 0.6 is 0 Å². The molecule has 0 unspecified atom stereocenters. The number of hydrogen-bond acceptors (Lipinski definition) is 3. The third-order valence-electron chi connectivity index (χ3n) is 2.45. The molecule has 0 heterocycles. The van der Waals surface area contributed by atoms with Crippen molar-refractivity contribution in [3.63, 3.8) is 0 Å². The van der Waals surface area contributed by atoms with Gasteiger partial charge in [-0.25, -0.2) is 0 Å². The molecule has 0 aromatic carbocycles. The van der Waals surface area contributed by atoms with Crippen LogP contribution in [-0.4, -0.2) is 31.6 Å². The summed E-state index contributed by atoms with van der Waals surface area (Å²) in [4.78, 5) is 0. The molecule has 0 spiro atoms. The molecule has 0 aromatic heterocycles. The molecule has 3 heteroatoms. The number of hydrogen-bond donors (Lipinski definition) is 2. The second-order valence-electron chi connectivity index (χ2n) is 4.44. The monoisotopic (exact) mass is 203 g/mol. The first-order valence-corrected chi connectivity index (χ1v) is 5.51. The largest absolute Gasteiger partial charge is 0.381 e. The number of ether oxygens (including phenoxy) is 1. The van der Waals surface area contributed by atoms with Crippen molar-refractivity contribution in [1.82, 2.24) is 5.32 Å². The van der Waals surface area contributed by atoms with Gasteiger partial charge in [-0.15, -0.1) is 0 Å². The Bertz CT molecular complexity index is 126. The molecule has 3 nitrogen and oxygen atoms in total. The predicted octanol–water partition coefficient (Wildman–Crippen LogP) is 1.76. The summed E-state index contributed by atoms with van der Waals surface area (Å²) in [7, 11) is 0. The third kappa shape index (κ3) is 8.48. The van der Waals surface area contributed by atoms with Crippen LogP contribution in [0, 0.1) is 5.41 Å². The predicted molar refractivity (Wildman–Crippen MR) is 59.2 cm³/mol. The number of nitrogens with one attached hydrogen (secondary N) is 1. The highest BCUT2D eigenvalue weighted by molar-refractivity contribution is 4.64. The number of rotatable bonds is 9. The minimum Gasteiger partial charge on any atom is -0.381 e. The standard InChI is InChI=1S/C11H25NO2/c1-4-11(2,3)9-14-8-6-5-7-12-10-13/h12-13H,4-10H2,1-3H3. The van der Waals surface area contributed by atoms with Crippen LogP contribution in [0.15, 0.2) is 0 Å².